The molecular weight excluding hydrogens is 350 g/mol. The SMILES string of the molecule is NC(=O)OCCCC#Cc1c(C2CCC(=O)NC2=O)ccc2c1CNC2=O. The second-order valence-electron chi connectivity index (χ2n) is 6.32. The summed E-state index contributed by atoms with van der Waals surface area (Å²) in [6.07, 6.45) is 0.838. The Bertz CT molecular complexity index is 881. The van der Waals surface area contributed by atoms with Gasteiger partial charge in [0.15, 0.2) is 0 Å². The van der Waals surface area contributed by atoms with Gasteiger partial charge >= 0.3 is 6.09 Å². The van der Waals surface area contributed by atoms with E-state index in [1.807, 2.05) is 0 Å². The van der Waals surface area contributed by atoms with Crippen LogP contribution in [0.15, 0.2) is 12.1 Å². The number of piperidine rings is 1. The molecule has 0 radical (unpaired) electrons. The number of carbonyl (C=O) groups excluding carboxylic acids is 4. The fraction of sp³-hybridized carbons (Fsp3) is 0.368. The zero-order valence-electron chi connectivity index (χ0n) is 14.6. The summed E-state index contributed by atoms with van der Waals surface area (Å²) in [4.78, 5) is 46.2. The van der Waals surface area contributed by atoms with Gasteiger partial charge in [0.25, 0.3) is 5.91 Å². The minimum absolute atomic E-state index is 0.169. The molecule has 0 bridgehead atoms. The van der Waals surface area contributed by atoms with Crippen molar-refractivity contribution in [3.63, 3.8) is 0 Å². The summed E-state index contributed by atoms with van der Waals surface area (Å²) in [6, 6.07) is 3.44. The first kappa shape index (κ1) is 18.5. The zero-order chi connectivity index (χ0) is 19.4. The van der Waals surface area contributed by atoms with E-state index in [0.29, 0.717) is 36.9 Å². The van der Waals surface area contributed by atoms with Gasteiger partial charge in [-0.2, -0.15) is 0 Å². The molecule has 2 aliphatic rings. The number of ether oxygens (including phenoxy) is 1. The lowest BCUT2D eigenvalue weighted by molar-refractivity contribution is -0.134. The number of amides is 4. The third-order valence-electron chi connectivity index (χ3n) is 4.53. The van der Waals surface area contributed by atoms with Crippen LogP contribution in [0.2, 0.25) is 0 Å². The highest BCUT2D eigenvalue weighted by Gasteiger charge is 2.32. The van der Waals surface area contributed by atoms with Gasteiger partial charge in [-0.25, -0.2) is 4.79 Å². The number of fused-ring (bicyclic) bond motifs is 1. The van der Waals surface area contributed by atoms with Gasteiger partial charge in [-0.3, -0.25) is 19.7 Å². The Morgan fingerprint density at radius 1 is 1.30 bits per heavy atom. The smallest absolute Gasteiger partial charge is 0.404 e. The molecule has 140 valence electrons. The molecule has 1 aromatic rings. The van der Waals surface area contributed by atoms with Gasteiger partial charge in [0.05, 0.1) is 12.5 Å². The summed E-state index contributed by atoms with van der Waals surface area (Å²) in [5.74, 6) is 4.80. The number of hydrogen-bond donors (Lipinski definition) is 3. The van der Waals surface area contributed by atoms with Gasteiger partial charge in [0.2, 0.25) is 11.8 Å². The molecule has 8 nitrogen and oxygen atoms in total. The fourth-order valence-electron chi connectivity index (χ4n) is 3.24. The number of hydrogen-bond acceptors (Lipinski definition) is 5. The van der Waals surface area contributed by atoms with Crippen molar-refractivity contribution in [1.82, 2.24) is 10.6 Å². The summed E-state index contributed by atoms with van der Waals surface area (Å²) in [5.41, 5.74) is 7.58. The maximum Gasteiger partial charge on any atom is 0.404 e. The van der Waals surface area contributed by atoms with Crippen molar-refractivity contribution in [3.05, 3.63) is 34.4 Å². The molecule has 0 aromatic heterocycles. The molecule has 1 fully saturated rings. The normalized spacial score (nSPS) is 18.1. The van der Waals surface area contributed by atoms with Gasteiger partial charge in [-0.15, -0.1) is 0 Å². The van der Waals surface area contributed by atoms with Crippen LogP contribution in [0.25, 0.3) is 0 Å². The summed E-state index contributed by atoms with van der Waals surface area (Å²) in [5, 5.41) is 5.12. The second kappa shape index (κ2) is 7.91. The first-order valence-electron chi connectivity index (χ1n) is 8.66. The summed E-state index contributed by atoms with van der Waals surface area (Å²) < 4.78 is 4.66. The van der Waals surface area contributed by atoms with E-state index < -0.39 is 12.0 Å². The lowest BCUT2D eigenvalue weighted by Crippen LogP contribution is -2.39. The van der Waals surface area contributed by atoms with E-state index in [4.69, 9.17) is 5.73 Å². The molecule has 1 saturated heterocycles. The van der Waals surface area contributed by atoms with Crippen LogP contribution in [0.3, 0.4) is 0 Å². The number of nitrogens with one attached hydrogen (secondary N) is 2. The number of nitrogens with two attached hydrogens (primary N) is 1. The van der Waals surface area contributed by atoms with Crippen LogP contribution in [0.5, 0.6) is 0 Å². The molecule has 2 aliphatic heterocycles. The Labute approximate surface area is 155 Å². The van der Waals surface area contributed by atoms with Crippen molar-refractivity contribution >= 4 is 23.8 Å². The Morgan fingerprint density at radius 3 is 2.85 bits per heavy atom. The highest BCUT2D eigenvalue weighted by Crippen LogP contribution is 2.32. The number of primary amides is 1. The second-order valence-corrected chi connectivity index (χ2v) is 6.32. The van der Waals surface area contributed by atoms with Gasteiger partial charge in [-0.05, 0) is 30.0 Å². The van der Waals surface area contributed by atoms with Gasteiger partial charge in [0.1, 0.15) is 0 Å². The van der Waals surface area contributed by atoms with Crippen molar-refractivity contribution < 1.29 is 23.9 Å². The van der Waals surface area contributed by atoms with Gasteiger partial charge < -0.3 is 15.8 Å². The van der Waals surface area contributed by atoms with E-state index in [1.54, 1.807) is 12.1 Å². The molecule has 0 aliphatic carbocycles. The Balaban J connectivity index is 1.86. The lowest BCUT2D eigenvalue weighted by atomic mass is 9.84. The average molecular weight is 369 g/mol. The minimum Gasteiger partial charge on any atom is -0.450 e. The highest BCUT2D eigenvalue weighted by atomic mass is 16.5. The van der Waals surface area contributed by atoms with Crippen molar-refractivity contribution in [1.29, 1.82) is 0 Å². The van der Waals surface area contributed by atoms with Crippen LogP contribution in [0.4, 0.5) is 4.79 Å². The molecule has 3 rings (SSSR count). The maximum atomic E-state index is 12.3. The van der Waals surface area contributed by atoms with Crippen molar-refractivity contribution in [2.75, 3.05) is 6.61 Å². The zero-order valence-corrected chi connectivity index (χ0v) is 14.6. The number of carbonyl (C=O) groups is 4. The van der Waals surface area contributed by atoms with Gasteiger partial charge in [-0.1, -0.05) is 17.9 Å². The first-order chi connectivity index (χ1) is 13.0. The number of rotatable bonds is 4. The third kappa shape index (κ3) is 4.08. The van der Waals surface area contributed by atoms with Gasteiger partial charge in [0, 0.05) is 30.5 Å². The Hall–Kier alpha value is -3.34. The topological polar surface area (TPSA) is 128 Å². The molecule has 0 spiro atoms. The molecule has 27 heavy (non-hydrogen) atoms. The standard InChI is InChI=1S/C19H19N3O5/c20-19(26)27-9-3-1-2-4-11-12(13-7-8-16(23)22-18(13)25)5-6-14-15(11)10-21-17(14)24/h5-6,13H,1,3,7-10H2,(H2,20,26)(H,21,24)(H,22,23,25). The Morgan fingerprint density at radius 2 is 2.11 bits per heavy atom. The first-order valence-corrected chi connectivity index (χ1v) is 8.66. The monoisotopic (exact) mass is 369 g/mol. The number of imide groups is 1. The highest BCUT2D eigenvalue weighted by molar-refractivity contribution is 6.02. The van der Waals surface area contributed by atoms with Crippen LogP contribution in [0.1, 0.15) is 58.6 Å². The van der Waals surface area contributed by atoms with E-state index in [9.17, 15) is 19.2 Å². The van der Waals surface area contributed by atoms with Crippen LogP contribution < -0.4 is 16.4 Å². The number of benzene rings is 1. The Kier molecular flexibility index (Phi) is 5.41. The molecular formula is C19H19N3O5. The average Bonchev–Trinajstić information content (AvgIpc) is 2.99. The lowest BCUT2D eigenvalue weighted by Gasteiger charge is -2.23. The summed E-state index contributed by atoms with van der Waals surface area (Å²) >= 11 is 0. The summed E-state index contributed by atoms with van der Waals surface area (Å²) in [7, 11) is 0. The van der Waals surface area contributed by atoms with Crippen LogP contribution in [-0.2, 0) is 20.9 Å². The van der Waals surface area contributed by atoms with E-state index in [2.05, 4.69) is 27.2 Å². The molecule has 1 atom stereocenters. The minimum atomic E-state index is -0.825. The molecule has 2 heterocycles. The largest absolute Gasteiger partial charge is 0.450 e. The molecule has 4 amide bonds. The van der Waals surface area contributed by atoms with Crippen LogP contribution >= 0.6 is 0 Å². The van der Waals surface area contributed by atoms with Crippen LogP contribution in [-0.4, -0.2) is 30.4 Å². The van der Waals surface area contributed by atoms with Crippen molar-refractivity contribution in [2.45, 2.75) is 38.1 Å². The van der Waals surface area contributed by atoms with Crippen molar-refractivity contribution in [2.24, 2.45) is 5.73 Å². The molecule has 1 unspecified atom stereocenters. The molecule has 0 saturated carbocycles. The predicted molar refractivity (Wildman–Crippen MR) is 94.4 cm³/mol. The quantitative estimate of drug-likeness (QED) is 0.408. The third-order valence-corrected chi connectivity index (χ3v) is 4.53. The fourth-order valence-corrected chi connectivity index (χ4v) is 3.24. The summed E-state index contributed by atoms with van der Waals surface area (Å²) in [6.45, 7) is 0.529. The van der Waals surface area contributed by atoms with E-state index in [1.165, 1.54) is 0 Å². The predicted octanol–water partition coefficient (Wildman–Crippen LogP) is 0.677. The van der Waals surface area contributed by atoms with Crippen molar-refractivity contribution in [3.8, 4) is 11.8 Å². The molecule has 4 N–H and O–H groups in total. The van der Waals surface area contributed by atoms with E-state index >= 15 is 0 Å². The molecule has 8 heteroatoms. The van der Waals surface area contributed by atoms with E-state index in [-0.39, 0.29) is 30.7 Å². The molecule has 1 aromatic carbocycles. The van der Waals surface area contributed by atoms with E-state index in [0.717, 1.165) is 11.1 Å². The maximum absolute atomic E-state index is 12.3. The van der Waals surface area contributed by atoms with Crippen LogP contribution in [0, 0.1) is 11.8 Å². The number of unbranched alkanes of at least 4 members (excludes halogenated alkanes) is 1.